The third kappa shape index (κ3) is 2.26. The summed E-state index contributed by atoms with van der Waals surface area (Å²) >= 11 is 0. The molecule has 2 N–H and O–H groups in total. The number of nitrogens with zero attached hydrogens (tertiary/aromatic N) is 2. The van der Waals surface area contributed by atoms with E-state index in [1.54, 1.807) is 17.9 Å². The van der Waals surface area contributed by atoms with Crippen LogP contribution in [0.2, 0.25) is 0 Å². The lowest BCUT2D eigenvalue weighted by atomic mass is 9.87. The van der Waals surface area contributed by atoms with Crippen LogP contribution in [0.25, 0.3) is 10.9 Å². The first kappa shape index (κ1) is 13.3. The van der Waals surface area contributed by atoms with Crippen LogP contribution in [0.5, 0.6) is 0 Å². The largest absolute Gasteiger partial charge is 0.478 e. The summed E-state index contributed by atoms with van der Waals surface area (Å²) in [5, 5.41) is 16.4. The number of benzene rings is 1. The molecule has 0 saturated carbocycles. The first-order valence-corrected chi connectivity index (χ1v) is 6.50. The van der Waals surface area contributed by atoms with Crippen LogP contribution in [0, 0.1) is 0 Å². The van der Waals surface area contributed by atoms with Gasteiger partial charge in [0, 0.05) is 25.1 Å². The average molecular weight is 287 g/mol. The molecule has 0 radical (unpaired) electrons. The van der Waals surface area contributed by atoms with Crippen molar-refractivity contribution < 1.29 is 19.5 Å². The van der Waals surface area contributed by atoms with E-state index in [1.165, 1.54) is 12.1 Å². The number of imide groups is 1. The summed E-state index contributed by atoms with van der Waals surface area (Å²) in [6.45, 7) is 0. The lowest BCUT2D eigenvalue weighted by molar-refractivity contribution is -0.134. The number of hydrogen-bond acceptors (Lipinski definition) is 4. The van der Waals surface area contributed by atoms with Gasteiger partial charge in [0.1, 0.15) is 0 Å². The first-order chi connectivity index (χ1) is 9.95. The Kier molecular flexibility index (Phi) is 2.97. The van der Waals surface area contributed by atoms with Crippen molar-refractivity contribution in [2.24, 2.45) is 7.05 Å². The van der Waals surface area contributed by atoms with Crippen molar-refractivity contribution in [2.45, 2.75) is 18.8 Å². The normalized spacial score (nSPS) is 18.8. The molecule has 0 aliphatic carbocycles. The summed E-state index contributed by atoms with van der Waals surface area (Å²) in [5.74, 6) is -2.29. The lowest BCUT2D eigenvalue weighted by Crippen LogP contribution is -2.39. The highest BCUT2D eigenvalue weighted by Gasteiger charge is 2.30. The van der Waals surface area contributed by atoms with Crippen LogP contribution in [-0.2, 0) is 16.6 Å². The first-order valence-electron chi connectivity index (χ1n) is 6.50. The molecule has 1 aromatic heterocycles. The number of amides is 2. The lowest BCUT2D eigenvalue weighted by Gasteiger charge is -2.21. The number of piperidine rings is 1. The van der Waals surface area contributed by atoms with Crippen LogP contribution in [0.3, 0.4) is 0 Å². The topological polar surface area (TPSA) is 101 Å². The third-order valence-electron chi connectivity index (χ3n) is 3.63. The van der Waals surface area contributed by atoms with Crippen molar-refractivity contribution in [1.29, 1.82) is 0 Å². The molecule has 108 valence electrons. The number of aryl methyl sites for hydroxylation is 1. The fraction of sp³-hybridized carbons (Fsp3) is 0.286. The van der Waals surface area contributed by atoms with Gasteiger partial charge >= 0.3 is 5.97 Å². The maximum Gasteiger partial charge on any atom is 0.335 e. The number of carbonyl (C=O) groups is 3. The zero-order chi connectivity index (χ0) is 15.1. The molecule has 2 amide bonds. The number of carbonyl (C=O) groups excluding carboxylic acids is 2. The zero-order valence-electron chi connectivity index (χ0n) is 11.3. The summed E-state index contributed by atoms with van der Waals surface area (Å²) in [6.07, 6.45) is 2.37. The van der Waals surface area contributed by atoms with Gasteiger partial charge in [0.15, 0.2) is 0 Å². The minimum Gasteiger partial charge on any atom is -0.478 e. The number of fused-ring (bicyclic) bond motifs is 1. The molecule has 1 fully saturated rings. The molecule has 2 heterocycles. The summed E-state index contributed by atoms with van der Waals surface area (Å²) < 4.78 is 1.58. The molecular weight excluding hydrogens is 274 g/mol. The van der Waals surface area contributed by atoms with E-state index in [0.717, 1.165) is 5.39 Å². The maximum absolute atomic E-state index is 12.0. The van der Waals surface area contributed by atoms with Crippen molar-refractivity contribution in [3.8, 4) is 0 Å². The Balaban J connectivity index is 2.17. The molecule has 0 bridgehead atoms. The second kappa shape index (κ2) is 4.69. The molecule has 2 aromatic rings. The number of hydrogen-bond donors (Lipinski definition) is 2. The van der Waals surface area contributed by atoms with Crippen LogP contribution < -0.4 is 5.32 Å². The molecule has 1 saturated heterocycles. The monoisotopic (exact) mass is 287 g/mol. The summed E-state index contributed by atoms with van der Waals surface area (Å²) in [5.41, 5.74) is 1.21. The van der Waals surface area contributed by atoms with E-state index in [-0.39, 0.29) is 23.8 Å². The molecule has 7 nitrogen and oxygen atoms in total. The van der Waals surface area contributed by atoms with Crippen molar-refractivity contribution in [2.75, 3.05) is 0 Å². The zero-order valence-corrected chi connectivity index (χ0v) is 11.3. The summed E-state index contributed by atoms with van der Waals surface area (Å²) in [7, 11) is 1.73. The van der Waals surface area contributed by atoms with Gasteiger partial charge in [-0.1, -0.05) is 0 Å². The number of aromatic carboxylic acids is 1. The molecule has 1 atom stereocenters. The van der Waals surface area contributed by atoms with Gasteiger partial charge in [-0.15, -0.1) is 0 Å². The van der Waals surface area contributed by atoms with Gasteiger partial charge < -0.3 is 5.11 Å². The van der Waals surface area contributed by atoms with Gasteiger partial charge in [-0.2, -0.15) is 5.10 Å². The SMILES string of the molecule is Cn1cc2c(C3CCC(=O)NC3=O)cc(C(=O)O)cc2n1. The van der Waals surface area contributed by atoms with E-state index >= 15 is 0 Å². The van der Waals surface area contributed by atoms with Crippen LogP contribution >= 0.6 is 0 Å². The smallest absolute Gasteiger partial charge is 0.335 e. The average Bonchev–Trinajstić information content (AvgIpc) is 2.78. The minimum absolute atomic E-state index is 0.0842. The fourth-order valence-corrected chi connectivity index (χ4v) is 2.67. The third-order valence-corrected chi connectivity index (χ3v) is 3.63. The summed E-state index contributed by atoms with van der Waals surface area (Å²) in [4.78, 5) is 34.5. The number of carboxylic acid groups (broad SMARTS) is 1. The number of aromatic nitrogens is 2. The van der Waals surface area contributed by atoms with Gasteiger partial charge in [0.05, 0.1) is 17.0 Å². The molecule has 1 aromatic carbocycles. The van der Waals surface area contributed by atoms with Crippen molar-refractivity contribution in [3.05, 3.63) is 29.5 Å². The van der Waals surface area contributed by atoms with E-state index in [9.17, 15) is 19.5 Å². The second-order valence-corrected chi connectivity index (χ2v) is 5.11. The summed E-state index contributed by atoms with van der Waals surface area (Å²) in [6, 6.07) is 2.97. The van der Waals surface area contributed by atoms with Gasteiger partial charge in [-0.25, -0.2) is 4.79 Å². The highest BCUT2D eigenvalue weighted by molar-refractivity contribution is 6.04. The van der Waals surface area contributed by atoms with Crippen LogP contribution in [0.4, 0.5) is 0 Å². The highest BCUT2D eigenvalue weighted by atomic mass is 16.4. The number of nitrogens with one attached hydrogen (secondary N) is 1. The van der Waals surface area contributed by atoms with Crippen LogP contribution in [0.15, 0.2) is 18.3 Å². The Morgan fingerprint density at radius 2 is 2.19 bits per heavy atom. The Hall–Kier alpha value is -2.70. The maximum atomic E-state index is 12.0. The molecular formula is C14H13N3O4. The Morgan fingerprint density at radius 1 is 1.43 bits per heavy atom. The van der Waals surface area contributed by atoms with Crippen LogP contribution in [-0.4, -0.2) is 32.7 Å². The Labute approximate surface area is 119 Å². The van der Waals surface area contributed by atoms with Gasteiger partial charge in [0.25, 0.3) is 0 Å². The van der Waals surface area contributed by atoms with E-state index in [0.29, 0.717) is 17.5 Å². The second-order valence-electron chi connectivity index (χ2n) is 5.11. The molecule has 1 aliphatic rings. The number of carboxylic acids is 1. The molecule has 1 aliphatic heterocycles. The fourth-order valence-electron chi connectivity index (χ4n) is 2.67. The Morgan fingerprint density at radius 3 is 2.86 bits per heavy atom. The molecule has 1 unspecified atom stereocenters. The van der Waals surface area contributed by atoms with Gasteiger partial charge in [-0.05, 0) is 24.1 Å². The van der Waals surface area contributed by atoms with E-state index in [2.05, 4.69) is 10.4 Å². The number of rotatable bonds is 2. The van der Waals surface area contributed by atoms with E-state index < -0.39 is 11.9 Å². The van der Waals surface area contributed by atoms with Gasteiger partial charge in [-0.3, -0.25) is 19.6 Å². The predicted molar refractivity (Wildman–Crippen MR) is 72.8 cm³/mol. The quantitative estimate of drug-likeness (QED) is 0.795. The van der Waals surface area contributed by atoms with Crippen molar-refractivity contribution in [1.82, 2.24) is 15.1 Å². The molecule has 3 rings (SSSR count). The van der Waals surface area contributed by atoms with Crippen molar-refractivity contribution in [3.63, 3.8) is 0 Å². The molecule has 0 spiro atoms. The predicted octanol–water partition coefficient (Wildman–Crippen LogP) is 0.792. The highest BCUT2D eigenvalue weighted by Crippen LogP contribution is 2.31. The van der Waals surface area contributed by atoms with E-state index in [4.69, 9.17) is 0 Å². The van der Waals surface area contributed by atoms with E-state index in [1.807, 2.05) is 0 Å². The Bertz CT molecular complexity index is 778. The molecule has 21 heavy (non-hydrogen) atoms. The van der Waals surface area contributed by atoms with Crippen LogP contribution in [0.1, 0.15) is 34.7 Å². The standard InChI is InChI=1S/C14H13N3O4/c1-17-6-10-9(8-2-3-12(18)15-13(8)19)4-7(14(20)21)5-11(10)16-17/h4-6,8H,2-3H2,1H3,(H,20,21)(H,15,18,19). The molecule has 7 heteroatoms. The van der Waals surface area contributed by atoms with Crippen molar-refractivity contribution >= 4 is 28.7 Å². The van der Waals surface area contributed by atoms with Gasteiger partial charge in [0.2, 0.25) is 11.8 Å². The minimum atomic E-state index is -1.07.